The van der Waals surface area contributed by atoms with Crippen LogP contribution >= 0.6 is 11.3 Å². The smallest absolute Gasteiger partial charge is 0.261 e. The first-order valence-corrected chi connectivity index (χ1v) is 9.06. The Bertz CT molecular complexity index is 662. The number of aliphatic hydroxyl groups excluding tert-OH is 1. The molecule has 130 valence electrons. The lowest BCUT2D eigenvalue weighted by Crippen LogP contribution is -2.28. The molecule has 0 spiro atoms. The van der Waals surface area contributed by atoms with E-state index in [-0.39, 0.29) is 18.6 Å². The van der Waals surface area contributed by atoms with Crippen molar-refractivity contribution in [3.63, 3.8) is 0 Å². The number of hydrogen-bond acceptors (Lipinski definition) is 4. The van der Waals surface area contributed by atoms with Crippen LogP contribution in [0.4, 0.5) is 0 Å². The normalized spacial score (nSPS) is 12.5. The summed E-state index contributed by atoms with van der Waals surface area (Å²) in [6.45, 7) is 8.24. The number of carbonyl (C=O) groups is 1. The predicted octanol–water partition coefficient (Wildman–Crippen LogP) is 4.12. The molecule has 0 saturated carbocycles. The second-order valence-electron chi connectivity index (χ2n) is 6.32. The first-order valence-electron chi connectivity index (χ1n) is 8.18. The number of nitrogens with one attached hydrogen (secondary N) is 1. The molecule has 24 heavy (non-hydrogen) atoms. The molecule has 1 aromatic heterocycles. The number of thiophene rings is 1. The van der Waals surface area contributed by atoms with Crippen LogP contribution in [0.5, 0.6) is 5.75 Å². The summed E-state index contributed by atoms with van der Waals surface area (Å²) in [4.78, 5) is 13.0. The van der Waals surface area contributed by atoms with Gasteiger partial charge in [-0.15, -0.1) is 11.3 Å². The van der Waals surface area contributed by atoms with Crippen molar-refractivity contribution in [2.24, 2.45) is 0 Å². The zero-order chi connectivity index (χ0) is 17.7. The van der Waals surface area contributed by atoms with Crippen molar-refractivity contribution in [3.8, 4) is 5.75 Å². The molecule has 0 aliphatic heterocycles. The Labute approximate surface area is 147 Å². The zero-order valence-corrected chi connectivity index (χ0v) is 15.4. The average molecular weight is 347 g/mol. The van der Waals surface area contributed by atoms with Crippen molar-refractivity contribution in [1.29, 1.82) is 0 Å². The van der Waals surface area contributed by atoms with Crippen molar-refractivity contribution >= 4 is 17.2 Å². The standard InChI is InChI=1S/C19H25NO3S/c1-12(2)16-9-10-24-18(16)19(22)20-11-17(21)14-5-7-15(8-6-14)23-13(3)4/h5-10,12-13,17,21H,11H2,1-4H3,(H,20,22). The van der Waals surface area contributed by atoms with Crippen molar-refractivity contribution < 1.29 is 14.6 Å². The Morgan fingerprint density at radius 2 is 1.83 bits per heavy atom. The third-order valence-electron chi connectivity index (χ3n) is 3.62. The van der Waals surface area contributed by atoms with Crippen LogP contribution in [0.15, 0.2) is 35.7 Å². The van der Waals surface area contributed by atoms with Gasteiger partial charge in [0.1, 0.15) is 5.75 Å². The van der Waals surface area contributed by atoms with Gasteiger partial charge in [0, 0.05) is 6.54 Å². The largest absolute Gasteiger partial charge is 0.491 e. The molecule has 0 radical (unpaired) electrons. The summed E-state index contributed by atoms with van der Waals surface area (Å²) in [6, 6.07) is 9.28. The molecule has 4 nitrogen and oxygen atoms in total. The number of aliphatic hydroxyl groups is 1. The molecule has 0 bridgehead atoms. The van der Waals surface area contributed by atoms with Crippen LogP contribution in [0.2, 0.25) is 0 Å². The van der Waals surface area contributed by atoms with Crippen molar-refractivity contribution in [3.05, 3.63) is 51.7 Å². The first-order chi connectivity index (χ1) is 11.4. The Hall–Kier alpha value is -1.85. The van der Waals surface area contributed by atoms with Gasteiger partial charge < -0.3 is 15.2 Å². The quantitative estimate of drug-likeness (QED) is 0.792. The van der Waals surface area contributed by atoms with Crippen molar-refractivity contribution in [2.45, 2.75) is 45.8 Å². The molecule has 1 aromatic carbocycles. The van der Waals surface area contributed by atoms with Gasteiger partial charge >= 0.3 is 0 Å². The molecule has 1 atom stereocenters. The van der Waals surface area contributed by atoms with Crippen LogP contribution in [0, 0.1) is 0 Å². The number of benzene rings is 1. The summed E-state index contributed by atoms with van der Waals surface area (Å²) in [6.07, 6.45) is -0.634. The van der Waals surface area contributed by atoms with E-state index in [9.17, 15) is 9.90 Å². The average Bonchev–Trinajstić information content (AvgIpc) is 3.02. The number of hydrogen-bond donors (Lipinski definition) is 2. The fourth-order valence-electron chi connectivity index (χ4n) is 2.39. The minimum Gasteiger partial charge on any atom is -0.491 e. The van der Waals surface area contributed by atoms with E-state index in [1.807, 2.05) is 49.6 Å². The summed E-state index contributed by atoms with van der Waals surface area (Å²) in [7, 11) is 0. The van der Waals surface area contributed by atoms with E-state index >= 15 is 0 Å². The Morgan fingerprint density at radius 1 is 1.17 bits per heavy atom. The van der Waals surface area contributed by atoms with E-state index < -0.39 is 6.10 Å². The summed E-state index contributed by atoms with van der Waals surface area (Å²) in [5.74, 6) is 0.938. The van der Waals surface area contributed by atoms with Gasteiger partial charge in [0.05, 0.1) is 17.1 Å². The lowest BCUT2D eigenvalue weighted by molar-refractivity contribution is 0.0919. The second-order valence-corrected chi connectivity index (χ2v) is 7.24. The Kier molecular flexibility index (Phi) is 6.40. The first kappa shape index (κ1) is 18.5. The molecule has 0 saturated heterocycles. The minimum absolute atomic E-state index is 0.112. The highest BCUT2D eigenvalue weighted by atomic mass is 32.1. The molecular weight excluding hydrogens is 322 g/mol. The van der Waals surface area contributed by atoms with E-state index in [0.717, 1.165) is 21.8 Å². The molecule has 0 fully saturated rings. The van der Waals surface area contributed by atoms with Crippen LogP contribution in [0.1, 0.15) is 60.5 Å². The highest BCUT2D eigenvalue weighted by Gasteiger charge is 2.17. The molecule has 2 aromatic rings. The highest BCUT2D eigenvalue weighted by molar-refractivity contribution is 7.12. The van der Waals surface area contributed by atoms with Crippen LogP contribution in [0.3, 0.4) is 0 Å². The maximum atomic E-state index is 12.3. The molecule has 1 unspecified atom stereocenters. The van der Waals surface area contributed by atoms with Gasteiger partial charge in [0.15, 0.2) is 0 Å². The lowest BCUT2D eigenvalue weighted by atomic mass is 10.0. The van der Waals surface area contributed by atoms with Gasteiger partial charge in [-0.2, -0.15) is 0 Å². The number of amides is 1. The summed E-state index contributed by atoms with van der Waals surface area (Å²) >= 11 is 1.43. The summed E-state index contributed by atoms with van der Waals surface area (Å²) < 4.78 is 5.58. The monoisotopic (exact) mass is 347 g/mol. The van der Waals surface area contributed by atoms with Gasteiger partial charge in [0.25, 0.3) is 5.91 Å². The molecule has 1 heterocycles. The predicted molar refractivity (Wildman–Crippen MR) is 97.9 cm³/mol. The Morgan fingerprint density at radius 3 is 2.42 bits per heavy atom. The van der Waals surface area contributed by atoms with Gasteiger partial charge in [0.2, 0.25) is 0 Å². The van der Waals surface area contributed by atoms with Crippen LogP contribution in [-0.4, -0.2) is 23.7 Å². The molecule has 2 rings (SSSR count). The topological polar surface area (TPSA) is 58.6 Å². The zero-order valence-electron chi connectivity index (χ0n) is 14.6. The van der Waals surface area contributed by atoms with Crippen LogP contribution in [0.25, 0.3) is 0 Å². The molecular formula is C19H25NO3S. The maximum Gasteiger partial charge on any atom is 0.261 e. The maximum absolute atomic E-state index is 12.3. The third-order valence-corrected chi connectivity index (χ3v) is 4.55. The lowest BCUT2D eigenvalue weighted by Gasteiger charge is -2.14. The minimum atomic E-state index is -0.746. The van der Waals surface area contributed by atoms with E-state index in [1.165, 1.54) is 11.3 Å². The molecule has 0 aliphatic carbocycles. The molecule has 0 aliphatic rings. The van der Waals surface area contributed by atoms with E-state index in [4.69, 9.17) is 4.74 Å². The van der Waals surface area contributed by atoms with Crippen LogP contribution < -0.4 is 10.1 Å². The number of carbonyl (C=O) groups excluding carboxylic acids is 1. The number of ether oxygens (including phenoxy) is 1. The second kappa shape index (κ2) is 8.31. The van der Waals surface area contributed by atoms with Gasteiger partial charge in [-0.25, -0.2) is 0 Å². The van der Waals surface area contributed by atoms with Gasteiger partial charge in [-0.05, 0) is 54.5 Å². The van der Waals surface area contributed by atoms with Crippen molar-refractivity contribution in [1.82, 2.24) is 5.32 Å². The van der Waals surface area contributed by atoms with E-state index in [2.05, 4.69) is 19.2 Å². The molecule has 2 N–H and O–H groups in total. The fourth-order valence-corrected chi connectivity index (χ4v) is 3.36. The third kappa shape index (κ3) is 4.82. The van der Waals surface area contributed by atoms with Gasteiger partial charge in [-0.1, -0.05) is 26.0 Å². The van der Waals surface area contributed by atoms with E-state index in [1.54, 1.807) is 0 Å². The van der Waals surface area contributed by atoms with Crippen LogP contribution in [-0.2, 0) is 0 Å². The molecule has 1 amide bonds. The van der Waals surface area contributed by atoms with Crippen molar-refractivity contribution in [2.75, 3.05) is 6.54 Å². The number of rotatable bonds is 7. The molecule has 5 heteroatoms. The summed E-state index contributed by atoms with van der Waals surface area (Å²) in [5, 5.41) is 15.0. The van der Waals surface area contributed by atoms with E-state index in [0.29, 0.717) is 5.92 Å². The summed E-state index contributed by atoms with van der Waals surface area (Å²) in [5.41, 5.74) is 1.80. The highest BCUT2D eigenvalue weighted by Crippen LogP contribution is 2.25. The Balaban J connectivity index is 1.93. The fraction of sp³-hybridized carbons (Fsp3) is 0.421. The van der Waals surface area contributed by atoms with Gasteiger partial charge in [-0.3, -0.25) is 4.79 Å². The SMILES string of the molecule is CC(C)Oc1ccc(C(O)CNC(=O)c2sccc2C(C)C)cc1.